The zero-order chi connectivity index (χ0) is 13.9. The Morgan fingerprint density at radius 2 is 1.95 bits per heavy atom. The minimum atomic E-state index is 0.310. The highest BCUT2D eigenvalue weighted by Crippen LogP contribution is 2.69. The maximum Gasteiger partial charge on any atom is 0.223 e. The van der Waals surface area contributed by atoms with Gasteiger partial charge in [-0.2, -0.15) is 0 Å². The summed E-state index contributed by atoms with van der Waals surface area (Å²) < 4.78 is 0. The van der Waals surface area contributed by atoms with E-state index in [4.69, 9.17) is 0 Å². The summed E-state index contributed by atoms with van der Waals surface area (Å²) >= 11 is 0. The normalized spacial score (nSPS) is 47.9. The molecule has 0 aromatic rings. The molecule has 5 unspecified atom stereocenters. The molecule has 2 N–H and O–H groups in total. The summed E-state index contributed by atoms with van der Waals surface area (Å²) in [5.74, 6) is 4.06. The van der Waals surface area contributed by atoms with Crippen LogP contribution in [0.3, 0.4) is 0 Å². The van der Waals surface area contributed by atoms with Crippen molar-refractivity contribution in [1.82, 2.24) is 10.6 Å². The molecule has 4 aliphatic rings. The fourth-order valence-electron chi connectivity index (χ4n) is 5.62. The van der Waals surface area contributed by atoms with Crippen LogP contribution in [0, 0.1) is 35.0 Å². The fourth-order valence-corrected chi connectivity index (χ4v) is 5.62. The van der Waals surface area contributed by atoms with Crippen molar-refractivity contribution in [2.75, 3.05) is 13.1 Å². The smallest absolute Gasteiger partial charge is 0.223 e. The van der Waals surface area contributed by atoms with Crippen molar-refractivity contribution < 1.29 is 4.79 Å². The molecule has 2 bridgehead atoms. The second-order valence-electron chi connectivity index (χ2n) is 8.36. The zero-order valence-electron chi connectivity index (χ0n) is 12.8. The van der Waals surface area contributed by atoms with Crippen molar-refractivity contribution in [3.63, 3.8) is 0 Å². The Hall–Kier alpha value is -0.570. The standard InChI is InChI=1S/C17H28N2O/c1-17(2)6-3-7-18-12(17)9-19-16(20)15-13-10-4-5-11(8-10)14(13)15/h10-15,18H,3-9H2,1-2H3,(H,19,20). The number of nitrogens with one attached hydrogen (secondary N) is 2. The summed E-state index contributed by atoms with van der Waals surface area (Å²) in [5, 5.41) is 6.86. The van der Waals surface area contributed by atoms with Crippen LogP contribution in [0.25, 0.3) is 0 Å². The van der Waals surface area contributed by atoms with Gasteiger partial charge in [0.25, 0.3) is 0 Å². The van der Waals surface area contributed by atoms with E-state index >= 15 is 0 Å². The van der Waals surface area contributed by atoms with E-state index < -0.39 is 0 Å². The van der Waals surface area contributed by atoms with Crippen LogP contribution in [0.15, 0.2) is 0 Å². The van der Waals surface area contributed by atoms with Gasteiger partial charge in [-0.3, -0.25) is 4.79 Å². The highest BCUT2D eigenvalue weighted by atomic mass is 16.2. The van der Waals surface area contributed by atoms with E-state index in [0.717, 1.165) is 36.8 Å². The third-order valence-electron chi connectivity index (χ3n) is 6.85. The monoisotopic (exact) mass is 276 g/mol. The molecule has 1 saturated heterocycles. The number of fused-ring (bicyclic) bond motifs is 5. The van der Waals surface area contributed by atoms with Gasteiger partial charge in [-0.05, 0) is 67.7 Å². The maximum absolute atomic E-state index is 12.5. The van der Waals surface area contributed by atoms with Crippen LogP contribution in [0.1, 0.15) is 46.0 Å². The molecule has 0 aromatic carbocycles. The Balaban J connectivity index is 1.31. The van der Waals surface area contributed by atoms with Crippen molar-refractivity contribution in [2.24, 2.45) is 35.0 Å². The predicted molar refractivity (Wildman–Crippen MR) is 79.1 cm³/mol. The van der Waals surface area contributed by atoms with Gasteiger partial charge >= 0.3 is 0 Å². The van der Waals surface area contributed by atoms with Gasteiger partial charge in [-0.15, -0.1) is 0 Å². The van der Waals surface area contributed by atoms with E-state index in [1.54, 1.807) is 0 Å². The molecule has 0 spiro atoms. The second kappa shape index (κ2) is 4.46. The summed E-state index contributed by atoms with van der Waals surface area (Å²) in [6, 6.07) is 0.440. The number of carbonyl (C=O) groups excluding carboxylic acids is 1. The Morgan fingerprint density at radius 3 is 2.60 bits per heavy atom. The first-order valence-electron chi connectivity index (χ1n) is 8.59. The minimum Gasteiger partial charge on any atom is -0.354 e. The molecule has 3 aliphatic carbocycles. The number of carbonyl (C=O) groups is 1. The van der Waals surface area contributed by atoms with Crippen molar-refractivity contribution in [3.8, 4) is 0 Å². The van der Waals surface area contributed by atoms with Gasteiger partial charge in [0.15, 0.2) is 0 Å². The van der Waals surface area contributed by atoms with E-state index in [1.165, 1.54) is 32.1 Å². The molecular formula is C17H28N2O. The van der Waals surface area contributed by atoms with Crippen LogP contribution in [0.2, 0.25) is 0 Å². The van der Waals surface area contributed by atoms with Crippen LogP contribution < -0.4 is 10.6 Å². The molecule has 1 heterocycles. The average Bonchev–Trinajstić information content (AvgIpc) is 2.85. The van der Waals surface area contributed by atoms with Gasteiger partial charge in [0.1, 0.15) is 0 Å². The lowest BCUT2D eigenvalue weighted by molar-refractivity contribution is -0.123. The maximum atomic E-state index is 12.5. The first kappa shape index (κ1) is 13.1. The quantitative estimate of drug-likeness (QED) is 0.829. The summed E-state index contributed by atoms with van der Waals surface area (Å²) in [7, 11) is 0. The van der Waals surface area contributed by atoms with Gasteiger partial charge in [0.2, 0.25) is 5.91 Å². The van der Waals surface area contributed by atoms with E-state index in [1.807, 2.05) is 0 Å². The lowest BCUT2D eigenvalue weighted by Gasteiger charge is -2.39. The lowest BCUT2D eigenvalue weighted by Crippen LogP contribution is -2.53. The molecule has 112 valence electrons. The third kappa shape index (κ3) is 1.93. The third-order valence-corrected chi connectivity index (χ3v) is 6.85. The second-order valence-corrected chi connectivity index (χ2v) is 8.36. The van der Waals surface area contributed by atoms with E-state index in [2.05, 4.69) is 24.5 Å². The van der Waals surface area contributed by atoms with E-state index in [-0.39, 0.29) is 0 Å². The van der Waals surface area contributed by atoms with Gasteiger partial charge in [0.05, 0.1) is 0 Å². The predicted octanol–water partition coefficient (Wildman–Crippen LogP) is 2.17. The highest BCUT2D eigenvalue weighted by Gasteiger charge is 2.67. The largest absolute Gasteiger partial charge is 0.354 e. The Kier molecular flexibility index (Phi) is 2.93. The molecule has 0 aromatic heterocycles. The molecular weight excluding hydrogens is 248 g/mol. The molecule has 0 radical (unpaired) electrons. The van der Waals surface area contributed by atoms with E-state index in [0.29, 0.717) is 23.3 Å². The SMILES string of the molecule is CC1(C)CCCNC1CNC(=O)C1C2C3CCC(C3)C12. The first-order chi connectivity index (χ1) is 9.58. The van der Waals surface area contributed by atoms with Crippen LogP contribution in [-0.4, -0.2) is 25.0 Å². The molecule has 5 atom stereocenters. The summed E-state index contributed by atoms with van der Waals surface area (Å²) in [4.78, 5) is 12.5. The number of amides is 1. The molecule has 4 fully saturated rings. The zero-order valence-corrected chi connectivity index (χ0v) is 12.8. The van der Waals surface area contributed by atoms with Crippen molar-refractivity contribution >= 4 is 5.91 Å². The number of hydrogen-bond donors (Lipinski definition) is 2. The number of piperidine rings is 1. The Labute approximate surface area is 122 Å². The van der Waals surface area contributed by atoms with Crippen LogP contribution >= 0.6 is 0 Å². The molecule has 1 aliphatic heterocycles. The van der Waals surface area contributed by atoms with Gasteiger partial charge in [0, 0.05) is 18.5 Å². The Bertz CT molecular complexity index is 403. The van der Waals surface area contributed by atoms with Crippen LogP contribution in [0.4, 0.5) is 0 Å². The minimum absolute atomic E-state index is 0.310. The molecule has 3 heteroatoms. The van der Waals surface area contributed by atoms with E-state index in [9.17, 15) is 4.79 Å². The van der Waals surface area contributed by atoms with Crippen molar-refractivity contribution in [3.05, 3.63) is 0 Å². The Morgan fingerprint density at radius 1 is 1.25 bits per heavy atom. The van der Waals surface area contributed by atoms with Crippen molar-refractivity contribution in [2.45, 2.75) is 52.0 Å². The number of rotatable bonds is 3. The average molecular weight is 276 g/mol. The molecule has 4 rings (SSSR count). The topological polar surface area (TPSA) is 41.1 Å². The van der Waals surface area contributed by atoms with Gasteiger partial charge in [-0.1, -0.05) is 13.8 Å². The van der Waals surface area contributed by atoms with Crippen molar-refractivity contribution in [1.29, 1.82) is 0 Å². The molecule has 3 nitrogen and oxygen atoms in total. The molecule has 1 amide bonds. The first-order valence-corrected chi connectivity index (χ1v) is 8.59. The summed E-state index contributed by atoms with van der Waals surface area (Å²) in [5.41, 5.74) is 0.310. The van der Waals surface area contributed by atoms with Crippen LogP contribution in [0.5, 0.6) is 0 Å². The molecule has 3 saturated carbocycles. The lowest BCUT2D eigenvalue weighted by atomic mass is 9.77. The van der Waals surface area contributed by atoms with Gasteiger partial charge < -0.3 is 10.6 Å². The summed E-state index contributed by atoms with van der Waals surface area (Å²) in [6.07, 6.45) is 6.74. The van der Waals surface area contributed by atoms with Crippen LogP contribution in [-0.2, 0) is 4.79 Å². The summed E-state index contributed by atoms with van der Waals surface area (Å²) in [6.45, 7) is 6.56. The molecule has 20 heavy (non-hydrogen) atoms. The fraction of sp³-hybridized carbons (Fsp3) is 0.941. The van der Waals surface area contributed by atoms with Gasteiger partial charge in [-0.25, -0.2) is 0 Å². The highest BCUT2D eigenvalue weighted by molar-refractivity contribution is 5.82. The number of hydrogen-bond acceptors (Lipinski definition) is 2.